The highest BCUT2D eigenvalue weighted by atomic mass is 32.1. The standard InChI is InChI=1S/C21H24N4O3S/c1-5-15-8-6-7-9-16(15)24-17(26)10-25(4)18(27)11-28-20-19-13(2)14(3)29-21(19)23-12-22-20/h6-9,12H,5,10-11H2,1-4H3,(H,24,26). The summed E-state index contributed by atoms with van der Waals surface area (Å²) < 4.78 is 5.67. The number of anilines is 1. The highest BCUT2D eigenvalue weighted by Crippen LogP contribution is 2.33. The Bertz CT molecular complexity index is 1050. The Kier molecular flexibility index (Phi) is 6.43. The fourth-order valence-corrected chi connectivity index (χ4v) is 3.93. The number of amides is 2. The number of carbonyl (C=O) groups excluding carboxylic acids is 2. The molecule has 8 heteroatoms. The second-order valence-corrected chi connectivity index (χ2v) is 7.94. The van der Waals surface area contributed by atoms with Crippen LogP contribution in [-0.2, 0) is 16.0 Å². The van der Waals surface area contributed by atoms with E-state index in [1.54, 1.807) is 18.4 Å². The zero-order chi connectivity index (χ0) is 21.0. The third-order valence-electron chi connectivity index (χ3n) is 4.74. The summed E-state index contributed by atoms with van der Waals surface area (Å²) >= 11 is 1.57. The molecule has 1 aromatic carbocycles. The minimum Gasteiger partial charge on any atom is -0.467 e. The first-order chi connectivity index (χ1) is 13.9. The summed E-state index contributed by atoms with van der Waals surface area (Å²) in [5.74, 6) is -0.171. The first kappa shape index (κ1) is 20.7. The zero-order valence-electron chi connectivity index (χ0n) is 17.0. The second kappa shape index (κ2) is 9.00. The molecule has 29 heavy (non-hydrogen) atoms. The molecular formula is C21H24N4O3S. The molecule has 2 aromatic heterocycles. The molecule has 3 aromatic rings. The number of nitrogens with one attached hydrogen (secondary N) is 1. The quantitative estimate of drug-likeness (QED) is 0.643. The number of aromatic nitrogens is 2. The third-order valence-corrected chi connectivity index (χ3v) is 5.86. The monoisotopic (exact) mass is 412 g/mol. The van der Waals surface area contributed by atoms with E-state index in [4.69, 9.17) is 4.74 Å². The van der Waals surface area contributed by atoms with Gasteiger partial charge < -0.3 is 15.0 Å². The number of hydrogen-bond donors (Lipinski definition) is 1. The zero-order valence-corrected chi connectivity index (χ0v) is 17.8. The molecule has 0 aliphatic rings. The van der Waals surface area contributed by atoms with Gasteiger partial charge in [0.15, 0.2) is 6.61 Å². The molecule has 3 rings (SSSR count). The molecule has 152 valence electrons. The lowest BCUT2D eigenvalue weighted by Crippen LogP contribution is -2.37. The minimum absolute atomic E-state index is 0.0595. The van der Waals surface area contributed by atoms with Crippen LogP contribution in [0.5, 0.6) is 5.88 Å². The molecule has 7 nitrogen and oxygen atoms in total. The second-order valence-electron chi connectivity index (χ2n) is 6.74. The Morgan fingerprint density at radius 3 is 2.72 bits per heavy atom. The molecular weight excluding hydrogens is 388 g/mol. The molecule has 0 fully saturated rings. The summed E-state index contributed by atoms with van der Waals surface area (Å²) in [7, 11) is 1.58. The smallest absolute Gasteiger partial charge is 0.260 e. The van der Waals surface area contributed by atoms with Crippen molar-refractivity contribution in [3.8, 4) is 5.88 Å². The van der Waals surface area contributed by atoms with Crippen molar-refractivity contribution in [3.05, 3.63) is 46.6 Å². The van der Waals surface area contributed by atoms with Crippen LogP contribution < -0.4 is 10.1 Å². The van der Waals surface area contributed by atoms with Gasteiger partial charge in [0, 0.05) is 17.6 Å². The summed E-state index contributed by atoms with van der Waals surface area (Å²) in [6.45, 7) is 5.76. The molecule has 2 amide bonds. The maximum absolute atomic E-state index is 12.4. The van der Waals surface area contributed by atoms with Crippen LogP contribution >= 0.6 is 11.3 Å². The average molecular weight is 413 g/mol. The number of fused-ring (bicyclic) bond motifs is 1. The molecule has 0 bridgehead atoms. The minimum atomic E-state index is -0.305. The maximum Gasteiger partial charge on any atom is 0.260 e. The molecule has 0 aliphatic heterocycles. The molecule has 0 unspecified atom stereocenters. The molecule has 0 aliphatic carbocycles. The predicted octanol–water partition coefficient (Wildman–Crippen LogP) is 3.35. The van der Waals surface area contributed by atoms with Crippen molar-refractivity contribution in [1.29, 1.82) is 0 Å². The topological polar surface area (TPSA) is 84.4 Å². The first-order valence-electron chi connectivity index (χ1n) is 9.36. The van der Waals surface area contributed by atoms with E-state index in [0.717, 1.165) is 38.3 Å². The predicted molar refractivity (Wildman–Crippen MR) is 114 cm³/mol. The summed E-state index contributed by atoms with van der Waals surface area (Å²) in [5, 5.41) is 3.70. The van der Waals surface area contributed by atoms with Crippen molar-refractivity contribution in [3.63, 3.8) is 0 Å². The van der Waals surface area contributed by atoms with Gasteiger partial charge in [0.05, 0.1) is 11.9 Å². The average Bonchev–Trinajstić information content (AvgIpc) is 3.00. The van der Waals surface area contributed by atoms with Crippen LogP contribution in [0, 0.1) is 13.8 Å². The Hall–Kier alpha value is -3.00. The number of benzene rings is 1. The Labute approximate surface area is 173 Å². The largest absolute Gasteiger partial charge is 0.467 e. The highest BCUT2D eigenvalue weighted by molar-refractivity contribution is 7.18. The van der Waals surface area contributed by atoms with Crippen molar-refractivity contribution in [2.45, 2.75) is 27.2 Å². The van der Waals surface area contributed by atoms with Crippen molar-refractivity contribution in [2.75, 3.05) is 25.5 Å². The number of thiophene rings is 1. The lowest BCUT2D eigenvalue weighted by atomic mass is 10.1. The van der Waals surface area contributed by atoms with Gasteiger partial charge in [0.1, 0.15) is 11.2 Å². The first-order valence-corrected chi connectivity index (χ1v) is 10.2. The van der Waals surface area contributed by atoms with Crippen molar-refractivity contribution < 1.29 is 14.3 Å². The van der Waals surface area contributed by atoms with Crippen LogP contribution in [0.15, 0.2) is 30.6 Å². The molecule has 1 N–H and O–H groups in total. The lowest BCUT2D eigenvalue weighted by Gasteiger charge is -2.18. The van der Waals surface area contributed by atoms with Gasteiger partial charge in [-0.15, -0.1) is 11.3 Å². The van der Waals surface area contributed by atoms with Crippen molar-refractivity contribution in [2.24, 2.45) is 0 Å². The lowest BCUT2D eigenvalue weighted by molar-refractivity contribution is -0.135. The van der Waals surface area contributed by atoms with Gasteiger partial charge in [0.25, 0.3) is 5.91 Å². The Morgan fingerprint density at radius 1 is 1.21 bits per heavy atom. The molecule has 0 atom stereocenters. The number of aryl methyl sites for hydroxylation is 3. The van der Waals surface area contributed by atoms with Crippen LogP contribution in [0.1, 0.15) is 22.9 Å². The fourth-order valence-electron chi connectivity index (χ4n) is 2.94. The number of ether oxygens (including phenoxy) is 1. The van der Waals surface area contributed by atoms with E-state index < -0.39 is 0 Å². The van der Waals surface area contributed by atoms with Gasteiger partial charge in [0.2, 0.25) is 11.8 Å². The van der Waals surface area contributed by atoms with Crippen LogP contribution in [0.2, 0.25) is 0 Å². The fraction of sp³-hybridized carbons (Fsp3) is 0.333. The summed E-state index contributed by atoms with van der Waals surface area (Å²) in [6, 6.07) is 7.62. The van der Waals surface area contributed by atoms with Crippen LogP contribution in [0.25, 0.3) is 10.2 Å². The van der Waals surface area contributed by atoms with Crippen molar-refractivity contribution in [1.82, 2.24) is 14.9 Å². The summed E-state index contributed by atoms with van der Waals surface area (Å²) in [4.78, 5) is 36.5. The number of hydrogen-bond acceptors (Lipinski definition) is 6. The SMILES string of the molecule is CCc1ccccc1NC(=O)CN(C)C(=O)COc1ncnc2sc(C)c(C)c12. The van der Waals surface area contributed by atoms with Gasteiger partial charge >= 0.3 is 0 Å². The van der Waals surface area contributed by atoms with Crippen molar-refractivity contribution >= 4 is 39.1 Å². The van der Waals surface area contributed by atoms with Gasteiger partial charge in [-0.2, -0.15) is 0 Å². The van der Waals surface area contributed by atoms with E-state index in [9.17, 15) is 9.59 Å². The molecule has 2 heterocycles. The van der Waals surface area contributed by atoms with E-state index in [-0.39, 0.29) is 25.0 Å². The Morgan fingerprint density at radius 2 is 1.97 bits per heavy atom. The molecule has 0 saturated heterocycles. The Balaban J connectivity index is 1.59. The number of carbonyl (C=O) groups is 2. The van der Waals surface area contributed by atoms with Crippen LogP contribution in [-0.4, -0.2) is 46.9 Å². The van der Waals surface area contributed by atoms with E-state index >= 15 is 0 Å². The number of rotatable bonds is 7. The van der Waals surface area contributed by atoms with E-state index in [1.165, 1.54) is 11.2 Å². The molecule has 0 saturated carbocycles. The van der Waals surface area contributed by atoms with Crippen LogP contribution in [0.4, 0.5) is 5.69 Å². The van der Waals surface area contributed by atoms with Gasteiger partial charge in [-0.1, -0.05) is 25.1 Å². The molecule has 0 spiro atoms. The van der Waals surface area contributed by atoms with Gasteiger partial charge in [-0.05, 0) is 37.5 Å². The normalized spacial score (nSPS) is 10.8. The van der Waals surface area contributed by atoms with Gasteiger partial charge in [-0.25, -0.2) is 9.97 Å². The number of nitrogens with zero attached hydrogens (tertiary/aromatic N) is 3. The third kappa shape index (κ3) is 4.71. The summed E-state index contributed by atoms with van der Waals surface area (Å²) in [5.41, 5.74) is 2.87. The van der Waals surface area contributed by atoms with Crippen LogP contribution in [0.3, 0.4) is 0 Å². The van der Waals surface area contributed by atoms with Gasteiger partial charge in [-0.3, -0.25) is 9.59 Å². The van der Waals surface area contributed by atoms with E-state index in [2.05, 4.69) is 15.3 Å². The van der Waals surface area contributed by atoms with E-state index in [0.29, 0.717) is 5.88 Å². The highest BCUT2D eigenvalue weighted by Gasteiger charge is 2.17. The van der Waals surface area contributed by atoms with E-state index in [1.807, 2.05) is 45.0 Å². The molecule has 0 radical (unpaired) electrons. The number of likely N-dealkylation sites (N-methyl/N-ethyl adjacent to an activating group) is 1. The number of para-hydroxylation sites is 1. The summed E-state index contributed by atoms with van der Waals surface area (Å²) in [6.07, 6.45) is 2.24. The maximum atomic E-state index is 12.4.